The van der Waals surface area contributed by atoms with Crippen LogP contribution in [0.25, 0.3) is 27.9 Å². The molecular weight excluding hydrogens is 440 g/mol. The molecule has 0 saturated carbocycles. The number of piperazine rings is 1. The predicted octanol–water partition coefficient (Wildman–Crippen LogP) is 4.16. The van der Waals surface area contributed by atoms with Crippen LogP contribution in [-0.4, -0.2) is 52.7 Å². The Balaban J connectivity index is 1.53. The van der Waals surface area contributed by atoms with E-state index in [1.165, 1.54) is 5.69 Å². The molecule has 1 aliphatic heterocycles. The van der Waals surface area contributed by atoms with E-state index >= 15 is 0 Å². The summed E-state index contributed by atoms with van der Waals surface area (Å²) < 4.78 is 2.73. The fraction of sp³-hybridized carbons (Fsp3) is 0.217. The number of halogens is 1. The highest BCUT2D eigenvalue weighted by atomic mass is 79.9. The van der Waals surface area contributed by atoms with Crippen LogP contribution in [0.5, 0.6) is 0 Å². The average Bonchev–Trinajstić information content (AvgIpc) is 3.20. The standard InChI is InChI=1S/C23H23BrN6/c1-28-8-10-29(11-9-28)19-7-3-5-17(13-19)21-15-27-30-22(25)20(14-26-23(21)30)16-4-2-6-18(24)12-16/h2-7,12-15H,8-11,25H2,1H3. The van der Waals surface area contributed by atoms with E-state index in [1.807, 2.05) is 36.7 Å². The minimum Gasteiger partial charge on any atom is -0.383 e. The molecule has 0 radical (unpaired) electrons. The monoisotopic (exact) mass is 462 g/mol. The summed E-state index contributed by atoms with van der Waals surface area (Å²) in [6, 6.07) is 16.6. The van der Waals surface area contributed by atoms with Crippen LogP contribution in [0.15, 0.2) is 65.4 Å². The maximum atomic E-state index is 6.48. The van der Waals surface area contributed by atoms with Crippen molar-refractivity contribution < 1.29 is 0 Å². The minimum absolute atomic E-state index is 0.583. The molecule has 0 unspecified atom stereocenters. The van der Waals surface area contributed by atoms with Crippen molar-refractivity contribution in [1.82, 2.24) is 19.5 Å². The van der Waals surface area contributed by atoms with Crippen LogP contribution in [0.4, 0.5) is 11.5 Å². The van der Waals surface area contributed by atoms with Gasteiger partial charge in [0.05, 0.1) is 6.20 Å². The van der Waals surface area contributed by atoms with Gasteiger partial charge in [-0.2, -0.15) is 9.61 Å². The van der Waals surface area contributed by atoms with E-state index in [0.717, 1.165) is 58.6 Å². The Morgan fingerprint density at radius 3 is 2.40 bits per heavy atom. The molecule has 7 heteroatoms. The summed E-state index contributed by atoms with van der Waals surface area (Å²) in [5, 5.41) is 4.55. The summed E-state index contributed by atoms with van der Waals surface area (Å²) in [7, 11) is 2.17. The summed E-state index contributed by atoms with van der Waals surface area (Å²) in [5.41, 5.74) is 12.4. The zero-order chi connectivity index (χ0) is 20.7. The van der Waals surface area contributed by atoms with Crippen molar-refractivity contribution in [3.05, 3.63) is 65.4 Å². The molecule has 5 rings (SSSR count). The zero-order valence-electron chi connectivity index (χ0n) is 16.8. The molecule has 0 atom stereocenters. The van der Waals surface area contributed by atoms with Gasteiger partial charge >= 0.3 is 0 Å². The van der Waals surface area contributed by atoms with Crippen molar-refractivity contribution in [1.29, 1.82) is 0 Å². The summed E-state index contributed by atoms with van der Waals surface area (Å²) in [6.07, 6.45) is 3.69. The molecule has 1 fully saturated rings. The molecule has 1 saturated heterocycles. The first-order chi connectivity index (χ1) is 14.6. The number of benzene rings is 2. The van der Waals surface area contributed by atoms with Gasteiger partial charge in [0.25, 0.3) is 0 Å². The molecule has 4 aromatic rings. The quantitative estimate of drug-likeness (QED) is 0.495. The number of nitrogen functional groups attached to an aromatic ring is 1. The average molecular weight is 463 g/mol. The molecule has 1 aliphatic rings. The third kappa shape index (κ3) is 3.44. The highest BCUT2D eigenvalue weighted by Gasteiger charge is 2.17. The van der Waals surface area contributed by atoms with Crippen molar-refractivity contribution in [3.8, 4) is 22.3 Å². The van der Waals surface area contributed by atoms with E-state index in [4.69, 9.17) is 10.7 Å². The number of anilines is 2. The maximum Gasteiger partial charge on any atom is 0.165 e. The lowest BCUT2D eigenvalue weighted by Gasteiger charge is -2.34. The van der Waals surface area contributed by atoms with Gasteiger partial charge in [0.15, 0.2) is 5.65 Å². The number of aromatic nitrogens is 3. The molecule has 0 spiro atoms. The van der Waals surface area contributed by atoms with Crippen molar-refractivity contribution in [2.45, 2.75) is 0 Å². The highest BCUT2D eigenvalue weighted by molar-refractivity contribution is 9.10. The first-order valence-corrected chi connectivity index (χ1v) is 10.8. The number of fused-ring (bicyclic) bond motifs is 1. The molecular formula is C23H23BrN6. The van der Waals surface area contributed by atoms with Crippen LogP contribution < -0.4 is 10.6 Å². The molecule has 2 aromatic heterocycles. The third-order valence-electron chi connectivity index (χ3n) is 5.73. The van der Waals surface area contributed by atoms with Crippen LogP contribution in [-0.2, 0) is 0 Å². The summed E-state index contributed by atoms with van der Waals surface area (Å²) in [5.74, 6) is 0.583. The van der Waals surface area contributed by atoms with Crippen LogP contribution in [0.1, 0.15) is 0 Å². The summed E-state index contributed by atoms with van der Waals surface area (Å²) in [4.78, 5) is 9.52. The molecule has 3 heterocycles. The Labute approximate surface area is 184 Å². The van der Waals surface area contributed by atoms with Crippen molar-refractivity contribution in [3.63, 3.8) is 0 Å². The van der Waals surface area contributed by atoms with E-state index in [0.29, 0.717) is 5.82 Å². The molecule has 2 N–H and O–H groups in total. The van der Waals surface area contributed by atoms with Crippen LogP contribution in [0, 0.1) is 0 Å². The third-order valence-corrected chi connectivity index (χ3v) is 6.22. The van der Waals surface area contributed by atoms with Gasteiger partial charge in [-0.15, -0.1) is 0 Å². The Hall–Kier alpha value is -2.90. The van der Waals surface area contributed by atoms with Crippen LogP contribution >= 0.6 is 15.9 Å². The number of rotatable bonds is 3. The second-order valence-corrected chi connectivity index (χ2v) is 8.62. The second-order valence-electron chi connectivity index (χ2n) is 7.70. The van der Waals surface area contributed by atoms with Gasteiger partial charge in [0.2, 0.25) is 0 Å². The Bertz CT molecular complexity index is 1210. The van der Waals surface area contributed by atoms with Gasteiger partial charge < -0.3 is 15.5 Å². The zero-order valence-corrected chi connectivity index (χ0v) is 18.4. The van der Waals surface area contributed by atoms with E-state index in [2.05, 4.69) is 62.1 Å². The van der Waals surface area contributed by atoms with Gasteiger partial charge in [-0.25, -0.2) is 4.98 Å². The Kier molecular flexibility index (Phi) is 4.92. The van der Waals surface area contributed by atoms with E-state index in [-0.39, 0.29) is 0 Å². The normalized spacial score (nSPS) is 15.1. The van der Waals surface area contributed by atoms with Gasteiger partial charge in [-0.3, -0.25) is 0 Å². The van der Waals surface area contributed by atoms with Gasteiger partial charge in [-0.1, -0.05) is 40.2 Å². The summed E-state index contributed by atoms with van der Waals surface area (Å²) in [6.45, 7) is 4.24. The SMILES string of the molecule is CN1CCN(c2cccc(-c3cnn4c(N)c(-c5cccc(Br)c5)cnc34)c2)CC1. The molecule has 6 nitrogen and oxygen atoms in total. The largest absolute Gasteiger partial charge is 0.383 e. The smallest absolute Gasteiger partial charge is 0.165 e. The molecule has 0 bridgehead atoms. The fourth-order valence-corrected chi connectivity index (χ4v) is 4.36. The van der Waals surface area contributed by atoms with Crippen molar-refractivity contribution in [2.75, 3.05) is 43.9 Å². The van der Waals surface area contributed by atoms with E-state index < -0.39 is 0 Å². The first kappa shape index (κ1) is 19.1. The van der Waals surface area contributed by atoms with Crippen molar-refractivity contribution in [2.24, 2.45) is 0 Å². The van der Waals surface area contributed by atoms with E-state index in [1.54, 1.807) is 4.52 Å². The highest BCUT2D eigenvalue weighted by Crippen LogP contribution is 2.32. The van der Waals surface area contributed by atoms with Crippen LogP contribution in [0.3, 0.4) is 0 Å². The number of likely N-dealkylation sites (N-methyl/N-ethyl adjacent to an activating group) is 1. The first-order valence-electron chi connectivity index (χ1n) is 10.0. The molecule has 152 valence electrons. The number of nitrogens with zero attached hydrogens (tertiary/aromatic N) is 5. The number of hydrogen-bond acceptors (Lipinski definition) is 5. The lowest BCUT2D eigenvalue weighted by molar-refractivity contribution is 0.313. The topological polar surface area (TPSA) is 62.7 Å². The summed E-state index contributed by atoms with van der Waals surface area (Å²) >= 11 is 3.52. The Morgan fingerprint density at radius 2 is 1.63 bits per heavy atom. The predicted molar refractivity (Wildman–Crippen MR) is 126 cm³/mol. The number of hydrogen-bond donors (Lipinski definition) is 1. The molecule has 30 heavy (non-hydrogen) atoms. The lowest BCUT2D eigenvalue weighted by Crippen LogP contribution is -2.44. The fourth-order valence-electron chi connectivity index (χ4n) is 3.97. The van der Waals surface area contributed by atoms with E-state index in [9.17, 15) is 0 Å². The molecule has 2 aromatic carbocycles. The van der Waals surface area contributed by atoms with Gasteiger partial charge in [0, 0.05) is 53.7 Å². The maximum absolute atomic E-state index is 6.48. The Morgan fingerprint density at radius 1 is 0.900 bits per heavy atom. The number of nitrogens with two attached hydrogens (primary N) is 1. The van der Waals surface area contributed by atoms with Gasteiger partial charge in [-0.05, 0) is 42.4 Å². The minimum atomic E-state index is 0.583. The molecule has 0 aliphatic carbocycles. The second kappa shape index (κ2) is 7.74. The lowest BCUT2D eigenvalue weighted by atomic mass is 10.1. The van der Waals surface area contributed by atoms with Crippen LogP contribution in [0.2, 0.25) is 0 Å². The van der Waals surface area contributed by atoms with Crippen molar-refractivity contribution >= 4 is 33.1 Å². The van der Waals surface area contributed by atoms with Gasteiger partial charge in [0.1, 0.15) is 5.82 Å². The molecule has 0 amide bonds.